The van der Waals surface area contributed by atoms with Gasteiger partial charge >= 0.3 is 5.69 Å². The second kappa shape index (κ2) is 8.05. The molecule has 0 aliphatic carbocycles. The van der Waals surface area contributed by atoms with E-state index in [4.69, 9.17) is 4.52 Å². The Morgan fingerprint density at radius 1 is 1.06 bits per heavy atom. The number of fused-ring (bicyclic) bond motifs is 1. The molecule has 32 heavy (non-hydrogen) atoms. The molecule has 0 spiro atoms. The van der Waals surface area contributed by atoms with Gasteiger partial charge in [0.15, 0.2) is 0 Å². The lowest BCUT2D eigenvalue weighted by Crippen LogP contribution is -2.38. The van der Waals surface area contributed by atoms with Gasteiger partial charge in [0, 0.05) is 5.56 Å². The topological polar surface area (TPSA) is 82.9 Å². The molecule has 3 aromatic heterocycles. The van der Waals surface area contributed by atoms with Crippen LogP contribution in [0.25, 0.3) is 27.3 Å². The molecule has 0 fully saturated rings. The number of aromatic nitrogens is 4. The van der Waals surface area contributed by atoms with Crippen LogP contribution in [0, 0.1) is 6.92 Å². The Balaban J connectivity index is 1.59. The standard InChI is InChI=1S/C24H20N4O3S/c1-3-16-7-9-17(10-8-16)22-25-20(31-26-22)14-27-19-11-12-32-21(19)23(29)28(24(27)30)18-6-4-5-15(2)13-18/h4-13H,3,14H2,1-2H3. The molecule has 7 nitrogen and oxygen atoms in total. The molecule has 0 saturated heterocycles. The largest absolute Gasteiger partial charge is 0.337 e. The van der Waals surface area contributed by atoms with Gasteiger partial charge in [-0.2, -0.15) is 4.98 Å². The van der Waals surface area contributed by atoms with E-state index in [2.05, 4.69) is 17.1 Å². The van der Waals surface area contributed by atoms with Gasteiger partial charge < -0.3 is 4.52 Å². The van der Waals surface area contributed by atoms with Gasteiger partial charge in [-0.3, -0.25) is 9.36 Å². The van der Waals surface area contributed by atoms with E-state index < -0.39 is 5.69 Å². The van der Waals surface area contributed by atoms with Crippen LogP contribution in [0.4, 0.5) is 0 Å². The lowest BCUT2D eigenvalue weighted by atomic mass is 10.1. The fourth-order valence-electron chi connectivity index (χ4n) is 3.70. The van der Waals surface area contributed by atoms with Crippen LogP contribution in [-0.4, -0.2) is 19.3 Å². The van der Waals surface area contributed by atoms with Gasteiger partial charge in [-0.1, -0.05) is 48.5 Å². The van der Waals surface area contributed by atoms with Gasteiger partial charge in [0.1, 0.15) is 11.2 Å². The Hall–Kier alpha value is -3.78. The smallest absolute Gasteiger partial charge is 0.336 e. The summed E-state index contributed by atoms with van der Waals surface area (Å²) in [5.41, 5.74) is 3.34. The van der Waals surface area contributed by atoms with Crippen LogP contribution in [0.3, 0.4) is 0 Å². The van der Waals surface area contributed by atoms with E-state index in [0.29, 0.717) is 27.6 Å². The summed E-state index contributed by atoms with van der Waals surface area (Å²) in [7, 11) is 0. The summed E-state index contributed by atoms with van der Waals surface area (Å²) in [5, 5.41) is 5.88. The lowest BCUT2D eigenvalue weighted by molar-refractivity contribution is 0.370. The van der Waals surface area contributed by atoms with Crippen molar-refractivity contribution in [3.8, 4) is 17.1 Å². The molecule has 0 bridgehead atoms. The summed E-state index contributed by atoms with van der Waals surface area (Å²) >= 11 is 1.31. The maximum atomic E-state index is 13.4. The third kappa shape index (κ3) is 3.48. The molecule has 0 unspecified atom stereocenters. The predicted molar refractivity (Wildman–Crippen MR) is 125 cm³/mol. The minimum Gasteiger partial charge on any atom is -0.337 e. The molecule has 0 amide bonds. The van der Waals surface area contributed by atoms with Gasteiger partial charge in [0.25, 0.3) is 5.56 Å². The Morgan fingerprint density at radius 3 is 2.62 bits per heavy atom. The number of nitrogens with zero attached hydrogens (tertiary/aromatic N) is 4. The molecular weight excluding hydrogens is 424 g/mol. The number of hydrogen-bond donors (Lipinski definition) is 0. The average molecular weight is 445 g/mol. The van der Waals surface area contributed by atoms with Crippen molar-refractivity contribution >= 4 is 21.6 Å². The molecule has 5 rings (SSSR count). The van der Waals surface area contributed by atoms with Crippen molar-refractivity contribution in [2.24, 2.45) is 0 Å². The van der Waals surface area contributed by atoms with Crippen molar-refractivity contribution in [2.75, 3.05) is 0 Å². The molecule has 2 aromatic carbocycles. The first-order chi connectivity index (χ1) is 15.5. The van der Waals surface area contributed by atoms with Crippen molar-refractivity contribution in [1.29, 1.82) is 0 Å². The van der Waals surface area contributed by atoms with Gasteiger partial charge in [0.05, 0.1) is 11.2 Å². The number of aryl methyl sites for hydroxylation is 2. The second-order valence-corrected chi connectivity index (χ2v) is 8.46. The van der Waals surface area contributed by atoms with E-state index in [-0.39, 0.29) is 12.1 Å². The highest BCUT2D eigenvalue weighted by Gasteiger charge is 2.18. The van der Waals surface area contributed by atoms with Gasteiger partial charge in [-0.15, -0.1) is 11.3 Å². The van der Waals surface area contributed by atoms with Crippen LogP contribution >= 0.6 is 11.3 Å². The molecular formula is C24H20N4O3S. The van der Waals surface area contributed by atoms with E-state index in [9.17, 15) is 9.59 Å². The minimum absolute atomic E-state index is 0.0677. The third-order valence-electron chi connectivity index (χ3n) is 5.40. The molecule has 0 N–H and O–H groups in total. The average Bonchev–Trinajstić information content (AvgIpc) is 3.47. The summed E-state index contributed by atoms with van der Waals surface area (Å²) < 4.78 is 8.66. The Bertz CT molecular complexity index is 1540. The van der Waals surface area contributed by atoms with Crippen LogP contribution in [0.15, 0.2) is 74.1 Å². The van der Waals surface area contributed by atoms with Crippen molar-refractivity contribution < 1.29 is 4.52 Å². The molecule has 8 heteroatoms. The third-order valence-corrected chi connectivity index (χ3v) is 6.29. The van der Waals surface area contributed by atoms with Gasteiger partial charge in [-0.25, -0.2) is 9.36 Å². The Kier molecular flexibility index (Phi) is 5.07. The van der Waals surface area contributed by atoms with E-state index in [0.717, 1.165) is 17.5 Å². The molecule has 3 heterocycles. The summed E-state index contributed by atoms with van der Waals surface area (Å²) in [6, 6.07) is 17.1. The first-order valence-corrected chi connectivity index (χ1v) is 11.1. The van der Waals surface area contributed by atoms with E-state index in [1.54, 1.807) is 17.5 Å². The zero-order chi connectivity index (χ0) is 22.2. The summed E-state index contributed by atoms with van der Waals surface area (Å²) in [6.07, 6.45) is 0.952. The van der Waals surface area contributed by atoms with Crippen LogP contribution in [0.1, 0.15) is 23.9 Å². The normalized spacial score (nSPS) is 11.3. The maximum Gasteiger partial charge on any atom is 0.336 e. The van der Waals surface area contributed by atoms with Crippen LogP contribution in [-0.2, 0) is 13.0 Å². The number of hydrogen-bond acceptors (Lipinski definition) is 6. The quantitative estimate of drug-likeness (QED) is 0.406. The minimum atomic E-state index is -0.446. The van der Waals surface area contributed by atoms with Crippen LogP contribution in [0.5, 0.6) is 0 Å². The fraction of sp³-hybridized carbons (Fsp3) is 0.167. The molecule has 0 aliphatic heterocycles. The highest BCUT2D eigenvalue weighted by Crippen LogP contribution is 2.20. The Morgan fingerprint density at radius 2 is 1.88 bits per heavy atom. The molecule has 0 atom stereocenters. The first-order valence-electron chi connectivity index (χ1n) is 10.3. The number of thiophene rings is 1. The summed E-state index contributed by atoms with van der Waals surface area (Å²) in [5.74, 6) is 0.757. The molecule has 0 aliphatic rings. The number of rotatable bonds is 5. The van der Waals surface area contributed by atoms with E-state index in [1.165, 1.54) is 26.0 Å². The van der Waals surface area contributed by atoms with Crippen molar-refractivity contribution in [3.63, 3.8) is 0 Å². The maximum absolute atomic E-state index is 13.4. The molecule has 160 valence electrons. The first kappa shape index (κ1) is 20.1. The van der Waals surface area contributed by atoms with Crippen LogP contribution < -0.4 is 11.2 Å². The second-order valence-electron chi connectivity index (χ2n) is 7.55. The van der Waals surface area contributed by atoms with Gasteiger partial charge in [-0.05, 0) is 48.1 Å². The monoisotopic (exact) mass is 444 g/mol. The predicted octanol–water partition coefficient (Wildman–Crippen LogP) is 4.18. The summed E-state index contributed by atoms with van der Waals surface area (Å²) in [4.78, 5) is 31.0. The van der Waals surface area contributed by atoms with Crippen molar-refractivity contribution in [3.05, 3.63) is 97.8 Å². The van der Waals surface area contributed by atoms with E-state index >= 15 is 0 Å². The van der Waals surface area contributed by atoms with Crippen molar-refractivity contribution in [2.45, 2.75) is 26.8 Å². The Labute approximate surface area is 187 Å². The molecule has 0 saturated carbocycles. The zero-order valence-electron chi connectivity index (χ0n) is 17.6. The SMILES string of the molecule is CCc1ccc(-c2noc(Cn3c(=O)n(-c4cccc(C)c4)c(=O)c4sccc43)n2)cc1. The highest BCUT2D eigenvalue weighted by atomic mass is 32.1. The number of benzene rings is 2. The van der Waals surface area contributed by atoms with Crippen LogP contribution in [0.2, 0.25) is 0 Å². The van der Waals surface area contributed by atoms with Gasteiger partial charge in [0.2, 0.25) is 11.7 Å². The summed E-state index contributed by atoms with van der Waals surface area (Å²) in [6.45, 7) is 4.09. The lowest BCUT2D eigenvalue weighted by Gasteiger charge is -2.11. The molecule has 5 aromatic rings. The molecule has 0 radical (unpaired) electrons. The van der Waals surface area contributed by atoms with Crippen molar-refractivity contribution in [1.82, 2.24) is 19.3 Å². The van der Waals surface area contributed by atoms with E-state index in [1.807, 2.05) is 49.4 Å². The zero-order valence-corrected chi connectivity index (χ0v) is 18.4. The highest BCUT2D eigenvalue weighted by molar-refractivity contribution is 7.17. The fourth-order valence-corrected chi connectivity index (χ4v) is 4.52.